The van der Waals surface area contributed by atoms with Gasteiger partial charge in [0.05, 0.1) is 0 Å². The number of hydrogen-bond donors (Lipinski definition) is 0. The number of allylic oxidation sites excluding steroid dienone is 4. The van der Waals surface area contributed by atoms with Gasteiger partial charge in [0, 0.05) is 0 Å². The Morgan fingerprint density at radius 1 is 0.583 bits per heavy atom. The molecule has 0 saturated carbocycles. The van der Waals surface area contributed by atoms with Gasteiger partial charge in [0.25, 0.3) is 0 Å². The van der Waals surface area contributed by atoms with Crippen molar-refractivity contribution in [1.29, 1.82) is 0 Å². The largest absolute Gasteiger partial charge is 0.0919 e. The summed E-state index contributed by atoms with van der Waals surface area (Å²) in [7, 11) is 0. The molecule has 0 bridgehead atoms. The van der Waals surface area contributed by atoms with Crippen molar-refractivity contribution >= 4 is 0 Å². The Morgan fingerprint density at radius 2 is 0.667 bits per heavy atom. The van der Waals surface area contributed by atoms with Crippen molar-refractivity contribution in [2.75, 3.05) is 0 Å². The van der Waals surface area contributed by atoms with E-state index in [1.807, 2.05) is 52.0 Å². The highest BCUT2D eigenvalue weighted by Crippen LogP contribution is 1.81. The van der Waals surface area contributed by atoms with Crippen LogP contribution in [0.3, 0.4) is 0 Å². The molecular weight excluding hydrogens is 144 g/mol. The summed E-state index contributed by atoms with van der Waals surface area (Å²) in [6, 6.07) is 0. The van der Waals surface area contributed by atoms with Gasteiger partial charge in [-0.25, -0.2) is 0 Å². The summed E-state index contributed by atoms with van der Waals surface area (Å²) in [5, 5.41) is 0. The normalized spacial score (nSPS) is 9.33. The standard InChI is InChI=1S/C4H10.2C4H8/c1-4(2)3;2*1-3-4-2/h4H,1-3H3;2*3-4H,1-2H3/b;4-3+;4-3-. The van der Waals surface area contributed by atoms with E-state index in [0.29, 0.717) is 0 Å². The molecule has 0 amide bonds. The molecule has 0 atom stereocenters. The minimum Gasteiger partial charge on any atom is -0.0919 e. The zero-order valence-corrected chi connectivity index (χ0v) is 9.89. The molecule has 0 rings (SSSR count). The van der Waals surface area contributed by atoms with Gasteiger partial charge in [0.2, 0.25) is 0 Å². The van der Waals surface area contributed by atoms with E-state index < -0.39 is 0 Å². The Balaban J connectivity index is -0.000000101. The molecule has 0 nitrogen and oxygen atoms in total. The molecule has 0 N–H and O–H groups in total. The lowest BCUT2D eigenvalue weighted by molar-refractivity contribution is 0.737. The quantitative estimate of drug-likeness (QED) is 0.457. The summed E-state index contributed by atoms with van der Waals surface area (Å²) in [5.41, 5.74) is 0. The van der Waals surface area contributed by atoms with Crippen LogP contribution in [-0.4, -0.2) is 0 Å². The second kappa shape index (κ2) is 22.4. The van der Waals surface area contributed by atoms with Crippen LogP contribution < -0.4 is 0 Å². The summed E-state index contributed by atoms with van der Waals surface area (Å²) < 4.78 is 0. The molecule has 0 heterocycles. The van der Waals surface area contributed by atoms with Gasteiger partial charge in [-0.05, 0) is 33.6 Å². The van der Waals surface area contributed by atoms with Crippen LogP contribution in [0.25, 0.3) is 0 Å². The molecule has 0 aliphatic rings. The molecule has 0 saturated heterocycles. The van der Waals surface area contributed by atoms with E-state index in [-0.39, 0.29) is 0 Å². The Kier molecular flexibility index (Phi) is 32.8. The van der Waals surface area contributed by atoms with Crippen molar-refractivity contribution in [2.24, 2.45) is 5.92 Å². The van der Waals surface area contributed by atoms with Crippen molar-refractivity contribution in [3.05, 3.63) is 24.3 Å². The second-order valence-corrected chi connectivity index (χ2v) is 3.07. The van der Waals surface area contributed by atoms with Gasteiger partial charge in [0.1, 0.15) is 0 Å². The minimum atomic E-state index is 0.833. The molecule has 12 heavy (non-hydrogen) atoms. The molecule has 0 spiro atoms. The van der Waals surface area contributed by atoms with E-state index in [1.54, 1.807) is 0 Å². The van der Waals surface area contributed by atoms with Gasteiger partial charge < -0.3 is 0 Å². The molecule has 0 fully saturated rings. The van der Waals surface area contributed by atoms with Crippen LogP contribution in [0.4, 0.5) is 0 Å². The summed E-state index contributed by atoms with van der Waals surface area (Å²) in [6.45, 7) is 14.5. The van der Waals surface area contributed by atoms with Crippen molar-refractivity contribution in [2.45, 2.75) is 48.5 Å². The fraction of sp³-hybridized carbons (Fsp3) is 0.667. The third-order valence-electron chi connectivity index (χ3n) is 0.667. The number of rotatable bonds is 0. The Bertz CT molecular complexity index is 65.5. The van der Waals surface area contributed by atoms with E-state index in [1.165, 1.54) is 0 Å². The molecule has 0 aliphatic carbocycles. The van der Waals surface area contributed by atoms with Crippen LogP contribution >= 0.6 is 0 Å². The van der Waals surface area contributed by atoms with Crippen molar-refractivity contribution < 1.29 is 0 Å². The fourth-order valence-corrected chi connectivity index (χ4v) is 0. The lowest BCUT2D eigenvalue weighted by Gasteiger charge is -1.79. The molecule has 74 valence electrons. The highest BCUT2D eigenvalue weighted by Gasteiger charge is 1.68. The summed E-state index contributed by atoms with van der Waals surface area (Å²) in [5.74, 6) is 0.833. The van der Waals surface area contributed by atoms with Gasteiger partial charge in [-0.3, -0.25) is 0 Å². The monoisotopic (exact) mass is 170 g/mol. The molecule has 0 radical (unpaired) electrons. The van der Waals surface area contributed by atoms with Gasteiger partial charge in [-0.1, -0.05) is 45.1 Å². The zero-order valence-electron chi connectivity index (χ0n) is 9.89. The fourth-order valence-electron chi connectivity index (χ4n) is 0. The summed E-state index contributed by atoms with van der Waals surface area (Å²) in [4.78, 5) is 0. The third kappa shape index (κ3) is 311. The maximum atomic E-state index is 2.17. The molecule has 0 aromatic carbocycles. The van der Waals surface area contributed by atoms with E-state index in [9.17, 15) is 0 Å². The summed E-state index contributed by atoms with van der Waals surface area (Å²) >= 11 is 0. The lowest BCUT2D eigenvalue weighted by Crippen LogP contribution is -1.66. The van der Waals surface area contributed by atoms with E-state index in [4.69, 9.17) is 0 Å². The maximum Gasteiger partial charge on any atom is -0.0470 e. The zero-order chi connectivity index (χ0) is 10.4. The minimum absolute atomic E-state index is 0.833. The van der Waals surface area contributed by atoms with E-state index in [2.05, 4.69) is 20.8 Å². The second-order valence-electron chi connectivity index (χ2n) is 3.07. The SMILES string of the molecule is C/C=C/C.C/C=C\C.CC(C)C. The summed E-state index contributed by atoms with van der Waals surface area (Å²) in [6.07, 6.45) is 8.00. The first kappa shape index (κ1) is 17.5. The molecule has 0 aromatic rings. The van der Waals surface area contributed by atoms with Crippen LogP contribution in [0.15, 0.2) is 24.3 Å². The molecule has 0 unspecified atom stereocenters. The smallest absolute Gasteiger partial charge is 0.0470 e. The van der Waals surface area contributed by atoms with Crippen LogP contribution in [0.5, 0.6) is 0 Å². The first-order valence-corrected chi connectivity index (χ1v) is 4.71. The van der Waals surface area contributed by atoms with E-state index >= 15 is 0 Å². The van der Waals surface area contributed by atoms with Gasteiger partial charge in [-0.15, -0.1) is 0 Å². The number of hydrogen-bond acceptors (Lipinski definition) is 0. The first-order chi connectivity index (χ1) is 5.56. The van der Waals surface area contributed by atoms with Gasteiger partial charge >= 0.3 is 0 Å². The topological polar surface area (TPSA) is 0 Å². The first-order valence-electron chi connectivity index (χ1n) is 4.71. The Labute approximate surface area is 79.4 Å². The molecule has 0 heteroatoms. The van der Waals surface area contributed by atoms with Crippen LogP contribution in [0.1, 0.15) is 48.5 Å². The van der Waals surface area contributed by atoms with E-state index in [0.717, 1.165) is 5.92 Å². The lowest BCUT2D eigenvalue weighted by atomic mass is 10.3. The van der Waals surface area contributed by atoms with Crippen LogP contribution in [-0.2, 0) is 0 Å². The molecule has 0 aromatic heterocycles. The Morgan fingerprint density at radius 3 is 0.667 bits per heavy atom. The molecular formula is C12H26. The predicted octanol–water partition coefficient (Wildman–Crippen LogP) is 4.83. The van der Waals surface area contributed by atoms with Crippen molar-refractivity contribution in [3.63, 3.8) is 0 Å². The molecule has 0 aliphatic heterocycles. The van der Waals surface area contributed by atoms with Crippen molar-refractivity contribution in [1.82, 2.24) is 0 Å². The van der Waals surface area contributed by atoms with Crippen LogP contribution in [0, 0.1) is 5.92 Å². The maximum absolute atomic E-state index is 2.17. The highest BCUT2D eigenvalue weighted by molar-refractivity contribution is 4.68. The third-order valence-corrected chi connectivity index (χ3v) is 0.667. The predicted molar refractivity (Wildman–Crippen MR) is 61.5 cm³/mol. The van der Waals surface area contributed by atoms with Gasteiger partial charge in [-0.2, -0.15) is 0 Å². The van der Waals surface area contributed by atoms with Crippen molar-refractivity contribution in [3.8, 4) is 0 Å². The van der Waals surface area contributed by atoms with Gasteiger partial charge in [0.15, 0.2) is 0 Å². The van der Waals surface area contributed by atoms with Crippen LogP contribution in [0.2, 0.25) is 0 Å². The average Bonchev–Trinajstić information content (AvgIpc) is 2.03. The highest BCUT2D eigenvalue weighted by atomic mass is 13.7. The Hall–Kier alpha value is -0.520. The average molecular weight is 170 g/mol.